The molecule has 0 heterocycles. The number of hydrogen-bond acceptors (Lipinski definition) is 5. The Bertz CT molecular complexity index is 944. The molecule has 0 fully saturated rings. The Morgan fingerprint density at radius 3 is 2.33 bits per heavy atom. The Balaban J connectivity index is 1.92. The van der Waals surface area contributed by atoms with Crippen LogP contribution in [0.15, 0.2) is 48.5 Å². The van der Waals surface area contributed by atoms with Gasteiger partial charge in [-0.15, -0.1) is 0 Å². The molecule has 2 rings (SSSR count). The molecule has 2 aromatic rings. The number of anilines is 1. The van der Waals surface area contributed by atoms with Gasteiger partial charge in [-0.25, -0.2) is 8.42 Å². The van der Waals surface area contributed by atoms with E-state index >= 15 is 0 Å². The maximum Gasteiger partial charge on any atom is 0.261 e. The van der Waals surface area contributed by atoms with Gasteiger partial charge in [0.15, 0.2) is 6.10 Å². The van der Waals surface area contributed by atoms with Crippen LogP contribution in [0.4, 0.5) is 5.69 Å². The van der Waals surface area contributed by atoms with Crippen molar-refractivity contribution < 1.29 is 22.7 Å². The van der Waals surface area contributed by atoms with Crippen LogP contribution in [0.1, 0.15) is 25.8 Å². The van der Waals surface area contributed by atoms with Gasteiger partial charge in [0, 0.05) is 7.05 Å². The molecule has 1 N–H and O–H groups in total. The predicted octanol–water partition coefficient (Wildman–Crippen LogP) is 3.13. The molecule has 2 aromatic carbocycles. The number of amides is 1. The van der Waals surface area contributed by atoms with E-state index in [1.807, 2.05) is 45.0 Å². The summed E-state index contributed by atoms with van der Waals surface area (Å²) in [5, 5.41) is 2.91. The monoisotopic (exact) mass is 434 g/mol. The Hall–Kier alpha value is -2.74. The number of ether oxygens (including phenoxy) is 2. The Kier molecular flexibility index (Phi) is 8.11. The number of carbonyl (C=O) groups is 1. The van der Waals surface area contributed by atoms with E-state index in [2.05, 4.69) is 5.32 Å². The SMILES string of the molecule is CC[C@H](Oc1ccc(N(C)S(C)(=O)=O)cc1)C(=O)N[C@@H](C)COc1ccccc1C. The van der Waals surface area contributed by atoms with Crippen molar-refractivity contribution in [2.24, 2.45) is 0 Å². The fourth-order valence-electron chi connectivity index (χ4n) is 2.72. The lowest BCUT2D eigenvalue weighted by molar-refractivity contribution is -0.128. The van der Waals surface area contributed by atoms with Crippen LogP contribution in [0, 0.1) is 6.92 Å². The van der Waals surface area contributed by atoms with Gasteiger partial charge in [-0.1, -0.05) is 25.1 Å². The van der Waals surface area contributed by atoms with Crippen molar-refractivity contribution in [1.82, 2.24) is 5.32 Å². The van der Waals surface area contributed by atoms with Gasteiger partial charge in [0.25, 0.3) is 5.91 Å². The van der Waals surface area contributed by atoms with E-state index in [-0.39, 0.29) is 11.9 Å². The summed E-state index contributed by atoms with van der Waals surface area (Å²) in [5.74, 6) is 1.06. The lowest BCUT2D eigenvalue weighted by atomic mass is 10.2. The van der Waals surface area contributed by atoms with Gasteiger partial charge in [0.1, 0.15) is 18.1 Å². The van der Waals surface area contributed by atoms with Gasteiger partial charge in [-0.3, -0.25) is 9.10 Å². The maximum atomic E-state index is 12.6. The zero-order chi connectivity index (χ0) is 22.3. The highest BCUT2D eigenvalue weighted by Crippen LogP contribution is 2.21. The number of para-hydroxylation sites is 1. The quantitative estimate of drug-likeness (QED) is 0.621. The Morgan fingerprint density at radius 1 is 1.13 bits per heavy atom. The van der Waals surface area contributed by atoms with Gasteiger partial charge in [0.05, 0.1) is 18.0 Å². The standard InChI is InChI=1S/C22H30N2O5S/c1-6-20(29-19-13-11-18(12-14-19)24(4)30(5,26)27)22(25)23-17(3)15-28-21-10-8-7-9-16(21)2/h7-14,17,20H,6,15H2,1-5H3,(H,23,25)/t17-,20-/m0/s1. The predicted molar refractivity (Wildman–Crippen MR) is 119 cm³/mol. The minimum absolute atomic E-state index is 0.194. The van der Waals surface area contributed by atoms with Crippen molar-refractivity contribution >= 4 is 21.6 Å². The molecule has 0 aliphatic rings. The highest BCUT2D eigenvalue weighted by Gasteiger charge is 2.21. The summed E-state index contributed by atoms with van der Waals surface area (Å²) in [4.78, 5) is 12.6. The van der Waals surface area contributed by atoms with Gasteiger partial charge in [-0.2, -0.15) is 0 Å². The average Bonchev–Trinajstić information content (AvgIpc) is 2.70. The fourth-order valence-corrected chi connectivity index (χ4v) is 3.23. The van der Waals surface area contributed by atoms with Crippen molar-refractivity contribution in [2.45, 2.75) is 39.3 Å². The topological polar surface area (TPSA) is 84.9 Å². The fraction of sp³-hybridized carbons (Fsp3) is 0.409. The molecular weight excluding hydrogens is 404 g/mol. The summed E-state index contributed by atoms with van der Waals surface area (Å²) in [6.07, 6.45) is 0.963. The second kappa shape index (κ2) is 10.3. The highest BCUT2D eigenvalue weighted by atomic mass is 32.2. The lowest BCUT2D eigenvalue weighted by Crippen LogP contribution is -2.44. The normalized spacial score (nSPS) is 13.2. The minimum atomic E-state index is -3.34. The number of rotatable bonds is 10. The Labute approximate surface area is 179 Å². The molecule has 30 heavy (non-hydrogen) atoms. The molecule has 0 unspecified atom stereocenters. The summed E-state index contributed by atoms with van der Waals surface area (Å²) in [6, 6.07) is 14.1. The van der Waals surface area contributed by atoms with Crippen molar-refractivity contribution in [1.29, 1.82) is 0 Å². The van der Waals surface area contributed by atoms with Gasteiger partial charge < -0.3 is 14.8 Å². The highest BCUT2D eigenvalue weighted by molar-refractivity contribution is 7.92. The smallest absolute Gasteiger partial charge is 0.261 e. The molecule has 164 valence electrons. The first-order valence-corrected chi connectivity index (χ1v) is 11.7. The summed E-state index contributed by atoms with van der Waals surface area (Å²) < 4.78 is 36.0. The van der Waals surface area contributed by atoms with Crippen LogP contribution in [0.5, 0.6) is 11.5 Å². The molecule has 1 amide bonds. The van der Waals surface area contributed by atoms with Crippen LogP contribution >= 0.6 is 0 Å². The van der Waals surface area contributed by atoms with Crippen LogP contribution in [0.3, 0.4) is 0 Å². The van der Waals surface area contributed by atoms with Gasteiger partial charge in [-0.05, 0) is 56.2 Å². The summed E-state index contributed by atoms with van der Waals surface area (Å²) in [5.41, 5.74) is 1.56. The van der Waals surface area contributed by atoms with Crippen LogP contribution < -0.4 is 19.1 Å². The van der Waals surface area contributed by atoms with E-state index in [9.17, 15) is 13.2 Å². The minimum Gasteiger partial charge on any atom is -0.491 e. The van der Waals surface area contributed by atoms with Crippen LogP contribution in [0.25, 0.3) is 0 Å². The van der Waals surface area contributed by atoms with Crippen molar-refractivity contribution in [3.8, 4) is 11.5 Å². The zero-order valence-corrected chi connectivity index (χ0v) is 18.9. The van der Waals surface area contributed by atoms with E-state index in [0.717, 1.165) is 17.6 Å². The molecule has 0 aromatic heterocycles. The number of nitrogens with zero attached hydrogens (tertiary/aromatic N) is 1. The molecule has 0 spiro atoms. The first-order chi connectivity index (χ1) is 14.1. The third kappa shape index (κ3) is 6.66. The second-order valence-corrected chi connectivity index (χ2v) is 9.24. The van der Waals surface area contributed by atoms with E-state index in [4.69, 9.17) is 9.47 Å². The third-order valence-electron chi connectivity index (χ3n) is 4.61. The Morgan fingerprint density at radius 2 is 1.77 bits per heavy atom. The van der Waals surface area contributed by atoms with Crippen LogP contribution in [0.2, 0.25) is 0 Å². The number of nitrogens with one attached hydrogen (secondary N) is 1. The maximum absolute atomic E-state index is 12.6. The van der Waals surface area contributed by atoms with Gasteiger partial charge in [0.2, 0.25) is 10.0 Å². The molecule has 0 saturated carbocycles. The number of benzene rings is 2. The molecule has 0 bridgehead atoms. The number of aryl methyl sites for hydroxylation is 1. The molecule has 2 atom stereocenters. The first kappa shape index (κ1) is 23.5. The molecule has 0 aliphatic heterocycles. The number of carbonyl (C=O) groups excluding carboxylic acids is 1. The van der Waals surface area contributed by atoms with E-state index in [0.29, 0.717) is 24.5 Å². The first-order valence-electron chi connectivity index (χ1n) is 9.81. The van der Waals surface area contributed by atoms with Gasteiger partial charge >= 0.3 is 0 Å². The summed E-state index contributed by atoms with van der Waals surface area (Å²) in [6.45, 7) is 6.06. The van der Waals surface area contributed by atoms with E-state index < -0.39 is 16.1 Å². The largest absolute Gasteiger partial charge is 0.491 e. The number of sulfonamides is 1. The molecule has 0 saturated heterocycles. The molecule has 7 nitrogen and oxygen atoms in total. The molecule has 0 radical (unpaired) electrons. The lowest BCUT2D eigenvalue weighted by Gasteiger charge is -2.22. The van der Waals surface area contributed by atoms with Crippen LogP contribution in [-0.2, 0) is 14.8 Å². The molecular formula is C22H30N2O5S. The summed E-state index contributed by atoms with van der Waals surface area (Å²) >= 11 is 0. The third-order valence-corrected chi connectivity index (χ3v) is 5.82. The van der Waals surface area contributed by atoms with E-state index in [1.165, 1.54) is 11.4 Å². The molecule has 8 heteroatoms. The van der Waals surface area contributed by atoms with Crippen molar-refractivity contribution in [3.63, 3.8) is 0 Å². The average molecular weight is 435 g/mol. The second-order valence-electron chi connectivity index (χ2n) is 7.23. The van der Waals surface area contributed by atoms with Crippen molar-refractivity contribution in [3.05, 3.63) is 54.1 Å². The number of hydrogen-bond donors (Lipinski definition) is 1. The zero-order valence-electron chi connectivity index (χ0n) is 18.1. The van der Waals surface area contributed by atoms with E-state index in [1.54, 1.807) is 24.3 Å². The molecule has 0 aliphatic carbocycles. The summed E-state index contributed by atoms with van der Waals surface area (Å²) in [7, 11) is -1.86. The van der Waals surface area contributed by atoms with Crippen LogP contribution in [-0.4, -0.2) is 46.4 Å². The van der Waals surface area contributed by atoms with Crippen molar-refractivity contribution in [2.75, 3.05) is 24.2 Å².